The molecule has 19 heavy (non-hydrogen) atoms. The fraction of sp³-hybridized carbons (Fsp3) is 0.647. The van der Waals surface area contributed by atoms with Crippen molar-refractivity contribution in [2.24, 2.45) is 5.92 Å². The van der Waals surface area contributed by atoms with Crippen molar-refractivity contribution in [2.45, 2.75) is 66.2 Å². The first-order chi connectivity index (χ1) is 8.95. The van der Waals surface area contributed by atoms with Crippen LogP contribution in [0, 0.1) is 5.92 Å². The van der Waals surface area contributed by atoms with Crippen molar-refractivity contribution in [1.82, 2.24) is 5.32 Å². The monoisotopic (exact) mass is 263 g/mol. The molecule has 2 nitrogen and oxygen atoms in total. The van der Waals surface area contributed by atoms with Gasteiger partial charge in [-0.2, -0.15) is 0 Å². The number of hydrogen-bond acceptors (Lipinski definition) is 2. The maximum absolute atomic E-state index is 5.89. The number of nitrogens with one attached hydrogen (secondary N) is 1. The topological polar surface area (TPSA) is 21.3 Å². The molecular weight excluding hydrogens is 234 g/mol. The van der Waals surface area contributed by atoms with Crippen molar-refractivity contribution < 1.29 is 4.74 Å². The van der Waals surface area contributed by atoms with E-state index in [1.54, 1.807) is 0 Å². The van der Waals surface area contributed by atoms with Gasteiger partial charge in [0.25, 0.3) is 0 Å². The number of para-hydroxylation sites is 1. The van der Waals surface area contributed by atoms with Crippen LogP contribution in [-0.4, -0.2) is 12.1 Å². The van der Waals surface area contributed by atoms with E-state index in [0.29, 0.717) is 18.0 Å². The maximum atomic E-state index is 5.89. The van der Waals surface area contributed by atoms with Gasteiger partial charge >= 0.3 is 0 Å². The Balaban J connectivity index is 2.78. The number of rotatable bonds is 7. The van der Waals surface area contributed by atoms with E-state index >= 15 is 0 Å². The molecular formula is C17H29NO. The van der Waals surface area contributed by atoms with Crippen LogP contribution in [0.3, 0.4) is 0 Å². The highest BCUT2D eigenvalue weighted by Gasteiger charge is 2.17. The first kappa shape index (κ1) is 16.0. The van der Waals surface area contributed by atoms with Crippen LogP contribution < -0.4 is 10.1 Å². The third-order valence-electron chi connectivity index (χ3n) is 3.76. The molecule has 108 valence electrons. The number of benzene rings is 1. The Morgan fingerprint density at radius 2 is 1.68 bits per heavy atom. The van der Waals surface area contributed by atoms with E-state index in [0.717, 1.165) is 5.75 Å². The van der Waals surface area contributed by atoms with Crippen molar-refractivity contribution in [3.05, 3.63) is 29.8 Å². The van der Waals surface area contributed by atoms with E-state index in [2.05, 4.69) is 65.1 Å². The van der Waals surface area contributed by atoms with Gasteiger partial charge < -0.3 is 10.1 Å². The molecule has 0 amide bonds. The second kappa shape index (κ2) is 7.54. The van der Waals surface area contributed by atoms with Gasteiger partial charge in [-0.15, -0.1) is 0 Å². The third kappa shape index (κ3) is 4.87. The van der Waals surface area contributed by atoms with Gasteiger partial charge in [-0.1, -0.05) is 38.5 Å². The van der Waals surface area contributed by atoms with Crippen LogP contribution in [0.4, 0.5) is 0 Å². The number of hydrogen-bond donors (Lipinski definition) is 1. The lowest BCUT2D eigenvalue weighted by atomic mass is 9.98. The molecule has 0 radical (unpaired) electrons. The summed E-state index contributed by atoms with van der Waals surface area (Å²) < 4.78 is 5.89. The van der Waals surface area contributed by atoms with Crippen LogP contribution in [0.5, 0.6) is 5.75 Å². The highest BCUT2D eigenvalue weighted by molar-refractivity contribution is 5.35. The molecule has 0 aliphatic heterocycles. The van der Waals surface area contributed by atoms with Crippen LogP contribution in [0.1, 0.15) is 59.6 Å². The van der Waals surface area contributed by atoms with Crippen molar-refractivity contribution >= 4 is 0 Å². The molecule has 1 aromatic rings. The lowest BCUT2D eigenvalue weighted by Crippen LogP contribution is -2.34. The Labute approximate surface area is 118 Å². The van der Waals surface area contributed by atoms with Crippen molar-refractivity contribution in [3.63, 3.8) is 0 Å². The quantitative estimate of drug-likeness (QED) is 0.778. The largest absolute Gasteiger partial charge is 0.491 e. The van der Waals surface area contributed by atoms with E-state index in [9.17, 15) is 0 Å². The predicted molar refractivity (Wildman–Crippen MR) is 82.7 cm³/mol. The molecule has 0 spiro atoms. The third-order valence-corrected chi connectivity index (χ3v) is 3.76. The van der Waals surface area contributed by atoms with Gasteiger partial charge in [-0.25, -0.2) is 0 Å². The zero-order valence-corrected chi connectivity index (χ0v) is 13.2. The normalized spacial score (nSPS) is 16.2. The van der Waals surface area contributed by atoms with Gasteiger partial charge in [0.1, 0.15) is 5.75 Å². The van der Waals surface area contributed by atoms with Crippen LogP contribution in [-0.2, 0) is 0 Å². The van der Waals surface area contributed by atoms with Gasteiger partial charge in [-0.3, -0.25) is 0 Å². The van der Waals surface area contributed by atoms with E-state index < -0.39 is 0 Å². The molecule has 2 heteroatoms. The SMILES string of the molecule is CCC(C)C(C)NC(C)c1ccccc1OC(C)C. The molecule has 0 aliphatic rings. The standard InChI is InChI=1S/C17H29NO/c1-7-13(4)14(5)18-15(6)16-10-8-9-11-17(16)19-12(2)3/h8-15,18H,7H2,1-6H3. The Hall–Kier alpha value is -1.02. The van der Waals surface area contributed by atoms with Crippen LogP contribution in [0.2, 0.25) is 0 Å². The lowest BCUT2D eigenvalue weighted by Gasteiger charge is -2.26. The summed E-state index contributed by atoms with van der Waals surface area (Å²) in [7, 11) is 0. The van der Waals surface area contributed by atoms with Crippen molar-refractivity contribution in [2.75, 3.05) is 0 Å². The Morgan fingerprint density at radius 3 is 2.26 bits per heavy atom. The molecule has 1 rings (SSSR count). The fourth-order valence-corrected chi connectivity index (χ4v) is 2.20. The van der Waals surface area contributed by atoms with E-state index in [4.69, 9.17) is 4.74 Å². The maximum Gasteiger partial charge on any atom is 0.124 e. The molecule has 0 aromatic heterocycles. The van der Waals surface area contributed by atoms with Crippen LogP contribution in [0.25, 0.3) is 0 Å². The van der Waals surface area contributed by atoms with Gasteiger partial charge in [0.05, 0.1) is 6.10 Å². The molecule has 3 atom stereocenters. The van der Waals surface area contributed by atoms with E-state index in [1.807, 2.05) is 6.07 Å². The summed E-state index contributed by atoms with van der Waals surface area (Å²) in [5, 5.41) is 3.68. The molecule has 0 saturated heterocycles. The zero-order valence-electron chi connectivity index (χ0n) is 13.2. The zero-order chi connectivity index (χ0) is 14.4. The Bertz CT molecular complexity index is 375. The first-order valence-corrected chi connectivity index (χ1v) is 7.47. The van der Waals surface area contributed by atoms with Gasteiger partial charge in [0.2, 0.25) is 0 Å². The summed E-state index contributed by atoms with van der Waals surface area (Å²) >= 11 is 0. The van der Waals surface area contributed by atoms with E-state index in [-0.39, 0.29) is 6.10 Å². The minimum absolute atomic E-state index is 0.209. The molecule has 0 heterocycles. The Morgan fingerprint density at radius 1 is 1.05 bits per heavy atom. The predicted octanol–water partition coefficient (Wildman–Crippen LogP) is 4.56. The first-order valence-electron chi connectivity index (χ1n) is 7.47. The van der Waals surface area contributed by atoms with E-state index in [1.165, 1.54) is 12.0 Å². The van der Waals surface area contributed by atoms with Gasteiger partial charge in [0.15, 0.2) is 0 Å². The molecule has 1 N–H and O–H groups in total. The number of ether oxygens (including phenoxy) is 1. The Kier molecular flexibility index (Phi) is 6.36. The molecule has 3 unspecified atom stereocenters. The molecule has 0 bridgehead atoms. The highest BCUT2D eigenvalue weighted by Crippen LogP contribution is 2.26. The molecule has 1 aromatic carbocycles. The summed E-state index contributed by atoms with van der Waals surface area (Å²) in [6, 6.07) is 9.13. The van der Waals surface area contributed by atoms with Gasteiger partial charge in [0, 0.05) is 17.6 Å². The second-order valence-electron chi connectivity index (χ2n) is 5.77. The van der Waals surface area contributed by atoms with Crippen LogP contribution >= 0.6 is 0 Å². The smallest absolute Gasteiger partial charge is 0.124 e. The molecule has 0 fully saturated rings. The molecule has 0 aliphatic carbocycles. The highest BCUT2D eigenvalue weighted by atomic mass is 16.5. The summed E-state index contributed by atoms with van der Waals surface area (Å²) in [6.45, 7) is 13.1. The van der Waals surface area contributed by atoms with Crippen molar-refractivity contribution in [3.8, 4) is 5.75 Å². The average Bonchev–Trinajstić information content (AvgIpc) is 2.37. The summed E-state index contributed by atoms with van der Waals surface area (Å²) in [5.74, 6) is 1.68. The lowest BCUT2D eigenvalue weighted by molar-refractivity contribution is 0.236. The minimum Gasteiger partial charge on any atom is -0.491 e. The average molecular weight is 263 g/mol. The molecule has 0 saturated carbocycles. The minimum atomic E-state index is 0.209. The summed E-state index contributed by atoms with van der Waals surface area (Å²) in [4.78, 5) is 0. The second-order valence-corrected chi connectivity index (χ2v) is 5.77. The van der Waals surface area contributed by atoms with Crippen LogP contribution in [0.15, 0.2) is 24.3 Å². The summed E-state index contributed by atoms with van der Waals surface area (Å²) in [5.41, 5.74) is 1.24. The van der Waals surface area contributed by atoms with Crippen molar-refractivity contribution in [1.29, 1.82) is 0 Å². The fourth-order valence-electron chi connectivity index (χ4n) is 2.20. The van der Waals surface area contributed by atoms with Gasteiger partial charge in [-0.05, 0) is 39.7 Å². The summed E-state index contributed by atoms with van der Waals surface area (Å²) in [6.07, 6.45) is 1.41.